The minimum absolute atomic E-state index is 0.0682. The van der Waals surface area contributed by atoms with E-state index in [9.17, 15) is 0 Å². The topological polar surface area (TPSA) is 0 Å². The lowest BCUT2D eigenvalue weighted by Crippen LogP contribution is -1.92. The molecular weight excluding hydrogens is 225 g/mol. The Morgan fingerprint density at radius 3 is 1.78 bits per heavy atom. The first-order chi connectivity index (χ1) is 3.92. The number of allylic oxidation sites excluding steroid dienone is 1. The Balaban J connectivity index is 4.17. The first-order valence-electron chi connectivity index (χ1n) is 1.77. The Morgan fingerprint density at radius 1 is 1.22 bits per heavy atom. The molecule has 9 heavy (non-hydrogen) atoms. The van der Waals surface area contributed by atoms with Crippen molar-refractivity contribution in [2.24, 2.45) is 0 Å². The summed E-state index contributed by atoms with van der Waals surface area (Å²) in [5.74, 6) is 0. The van der Waals surface area contributed by atoms with Crippen LogP contribution in [0.25, 0.3) is 0 Å². The summed E-state index contributed by atoms with van der Waals surface area (Å²) in [7, 11) is 0. The zero-order valence-electron chi connectivity index (χ0n) is 3.97. The molecule has 0 amide bonds. The van der Waals surface area contributed by atoms with E-state index in [0.29, 0.717) is 0 Å². The van der Waals surface area contributed by atoms with Crippen LogP contribution in [0.1, 0.15) is 0 Å². The van der Waals surface area contributed by atoms with Gasteiger partial charge in [0.1, 0.15) is 4.49 Å². The molecule has 0 radical (unpaired) electrons. The highest BCUT2D eigenvalue weighted by atomic mass is 35.6. The molecule has 0 aromatic heterocycles. The van der Waals surface area contributed by atoms with Gasteiger partial charge in [0.15, 0.2) is 0 Å². The van der Waals surface area contributed by atoms with E-state index in [1.165, 1.54) is 0 Å². The largest absolute Gasteiger partial charge is 0.216 e. The molecule has 0 aromatic carbocycles. The van der Waals surface area contributed by atoms with Crippen molar-refractivity contribution in [3.05, 3.63) is 16.3 Å². The summed E-state index contributed by atoms with van der Waals surface area (Å²) in [6.07, 6.45) is 1.13. The second kappa shape index (κ2) is 3.98. The van der Waals surface area contributed by atoms with Crippen LogP contribution in [-0.2, 0) is 0 Å². The molecular formula is C4HCl5. The number of hydrogen-bond donors (Lipinski definition) is 0. The third-order valence-electron chi connectivity index (χ3n) is 0.345. The number of hydrogen-bond acceptors (Lipinski definition) is 0. The van der Waals surface area contributed by atoms with Crippen molar-refractivity contribution >= 4 is 58.0 Å². The van der Waals surface area contributed by atoms with Gasteiger partial charge in [-0.25, -0.2) is 0 Å². The summed E-state index contributed by atoms with van der Waals surface area (Å²) < 4.78 is -1.55. The van der Waals surface area contributed by atoms with Gasteiger partial charge in [-0.3, -0.25) is 0 Å². The van der Waals surface area contributed by atoms with Gasteiger partial charge in [0.25, 0.3) is 0 Å². The van der Waals surface area contributed by atoms with Gasteiger partial charge in [-0.1, -0.05) is 63.7 Å². The summed E-state index contributed by atoms with van der Waals surface area (Å²) in [6, 6.07) is 0. The average Bonchev–Trinajstić information content (AvgIpc) is 1.59. The maximum absolute atomic E-state index is 5.26. The van der Waals surface area contributed by atoms with E-state index >= 15 is 0 Å². The van der Waals surface area contributed by atoms with Gasteiger partial charge >= 0.3 is 0 Å². The Morgan fingerprint density at radius 2 is 1.67 bits per heavy atom. The fourth-order valence-electron chi connectivity index (χ4n) is 0.136. The number of halogens is 5. The summed E-state index contributed by atoms with van der Waals surface area (Å²) in [6.45, 7) is 0. The highest BCUT2D eigenvalue weighted by molar-refractivity contribution is 6.69. The summed E-state index contributed by atoms with van der Waals surface area (Å²) >= 11 is 26.1. The van der Waals surface area contributed by atoms with E-state index in [4.69, 9.17) is 58.0 Å². The predicted molar refractivity (Wildman–Crippen MR) is 43.6 cm³/mol. The standard InChI is InChI=1S/C4HCl5/c5-3(6)1-2-4(7,8)9/h2H. The van der Waals surface area contributed by atoms with E-state index in [0.717, 1.165) is 6.08 Å². The molecule has 0 atom stereocenters. The maximum Gasteiger partial charge on any atom is 0.216 e. The molecule has 0 aromatic rings. The van der Waals surface area contributed by atoms with Gasteiger partial charge in [-0.15, -0.1) is 0 Å². The Hall–Kier alpha value is 0.970. The molecule has 0 aliphatic rings. The molecule has 0 nitrogen and oxygen atoms in total. The van der Waals surface area contributed by atoms with Gasteiger partial charge in [0.2, 0.25) is 3.79 Å². The molecule has 5 heteroatoms. The predicted octanol–water partition coefficient (Wildman–Crippen LogP) is 3.83. The van der Waals surface area contributed by atoms with Crippen molar-refractivity contribution in [2.45, 2.75) is 3.79 Å². The molecule has 0 rings (SSSR count). The molecule has 0 saturated carbocycles. The molecule has 0 spiro atoms. The third-order valence-corrected chi connectivity index (χ3v) is 0.890. The smallest absolute Gasteiger partial charge is 0.0884 e. The van der Waals surface area contributed by atoms with Crippen LogP contribution in [0.15, 0.2) is 16.3 Å². The van der Waals surface area contributed by atoms with E-state index < -0.39 is 3.79 Å². The van der Waals surface area contributed by atoms with Crippen molar-refractivity contribution in [3.8, 4) is 0 Å². The first kappa shape index (κ1) is 9.97. The van der Waals surface area contributed by atoms with Crippen LogP contribution < -0.4 is 0 Å². The van der Waals surface area contributed by atoms with Crippen molar-refractivity contribution < 1.29 is 0 Å². The SMILES string of the molecule is ClC(Cl)=C=CC(Cl)(Cl)Cl. The van der Waals surface area contributed by atoms with E-state index in [1.54, 1.807) is 0 Å². The van der Waals surface area contributed by atoms with Gasteiger partial charge in [0, 0.05) is 6.08 Å². The minimum Gasteiger partial charge on any atom is -0.0884 e. The zero-order chi connectivity index (χ0) is 7.49. The molecule has 0 aliphatic heterocycles. The van der Waals surface area contributed by atoms with E-state index in [-0.39, 0.29) is 4.49 Å². The second-order valence-electron chi connectivity index (χ2n) is 1.09. The zero-order valence-corrected chi connectivity index (χ0v) is 7.75. The maximum atomic E-state index is 5.26. The van der Waals surface area contributed by atoms with Crippen molar-refractivity contribution in [1.82, 2.24) is 0 Å². The quantitative estimate of drug-likeness (QED) is 0.435. The Bertz CT molecular complexity index is 143. The molecule has 0 fully saturated rings. The fraction of sp³-hybridized carbons (Fsp3) is 0.250. The molecule has 0 unspecified atom stereocenters. The van der Waals surface area contributed by atoms with Crippen LogP contribution in [0.5, 0.6) is 0 Å². The van der Waals surface area contributed by atoms with Crippen LogP contribution in [0.4, 0.5) is 0 Å². The highest BCUT2D eigenvalue weighted by Crippen LogP contribution is 2.27. The highest BCUT2D eigenvalue weighted by Gasteiger charge is 2.13. The lowest BCUT2D eigenvalue weighted by atomic mass is 10.7. The molecule has 0 aliphatic carbocycles. The summed E-state index contributed by atoms with van der Waals surface area (Å²) in [5.41, 5.74) is 2.31. The van der Waals surface area contributed by atoms with E-state index in [1.807, 2.05) is 0 Å². The van der Waals surface area contributed by atoms with Crippen LogP contribution in [0, 0.1) is 0 Å². The Kier molecular flexibility index (Phi) is 4.41. The van der Waals surface area contributed by atoms with Gasteiger partial charge in [0.05, 0.1) is 0 Å². The van der Waals surface area contributed by atoms with Crippen molar-refractivity contribution in [1.29, 1.82) is 0 Å². The molecule has 52 valence electrons. The monoisotopic (exact) mass is 224 g/mol. The molecule has 0 N–H and O–H groups in total. The average molecular weight is 226 g/mol. The fourth-order valence-corrected chi connectivity index (χ4v) is 0.409. The van der Waals surface area contributed by atoms with Gasteiger partial charge < -0.3 is 0 Å². The van der Waals surface area contributed by atoms with E-state index in [2.05, 4.69) is 5.73 Å². The Labute approximate surface area is 78.0 Å². The summed E-state index contributed by atoms with van der Waals surface area (Å²) in [5, 5.41) is 0. The second-order valence-corrected chi connectivity index (χ2v) is 4.41. The van der Waals surface area contributed by atoms with Crippen molar-refractivity contribution in [2.75, 3.05) is 0 Å². The van der Waals surface area contributed by atoms with Gasteiger partial charge in [-0.2, -0.15) is 0 Å². The van der Waals surface area contributed by atoms with Gasteiger partial charge in [-0.05, 0) is 0 Å². The van der Waals surface area contributed by atoms with Crippen LogP contribution >= 0.6 is 58.0 Å². The van der Waals surface area contributed by atoms with Crippen LogP contribution in [0.2, 0.25) is 0 Å². The summed E-state index contributed by atoms with van der Waals surface area (Å²) in [4.78, 5) is 0. The third kappa shape index (κ3) is 8.97. The number of rotatable bonds is 0. The molecule has 0 heterocycles. The number of alkyl halides is 3. The van der Waals surface area contributed by atoms with Crippen LogP contribution in [-0.4, -0.2) is 3.79 Å². The minimum atomic E-state index is -1.48. The first-order valence-corrected chi connectivity index (χ1v) is 3.66. The molecule has 0 saturated heterocycles. The molecule has 0 bridgehead atoms. The van der Waals surface area contributed by atoms with Crippen LogP contribution in [0.3, 0.4) is 0 Å². The normalized spacial score (nSPS) is 10.3. The lowest BCUT2D eigenvalue weighted by molar-refractivity contribution is 1.47. The van der Waals surface area contributed by atoms with Crippen molar-refractivity contribution in [3.63, 3.8) is 0 Å². The lowest BCUT2D eigenvalue weighted by Gasteiger charge is -1.97.